The van der Waals surface area contributed by atoms with Gasteiger partial charge in [-0.15, -0.1) is 11.3 Å². The summed E-state index contributed by atoms with van der Waals surface area (Å²) in [7, 11) is 0. The van der Waals surface area contributed by atoms with Gasteiger partial charge in [-0.3, -0.25) is 4.98 Å². The maximum atomic E-state index is 4.47. The zero-order valence-electron chi connectivity index (χ0n) is 10.6. The minimum absolute atomic E-state index is 0.829. The Bertz CT molecular complexity index is 503. The van der Waals surface area contributed by atoms with E-state index in [0.717, 1.165) is 24.5 Å². The standard InChI is InChI=1S/C14H18N2S/c1-10-5-4-6-14(16-10)9-15-8-13-7-11(2)17-12(13)3/h4-7,15H,8-9H2,1-3H3. The molecule has 0 saturated heterocycles. The van der Waals surface area contributed by atoms with Crippen LogP contribution in [0.4, 0.5) is 0 Å². The zero-order valence-corrected chi connectivity index (χ0v) is 11.4. The molecule has 0 radical (unpaired) electrons. The lowest BCUT2D eigenvalue weighted by atomic mass is 10.2. The lowest BCUT2D eigenvalue weighted by molar-refractivity contribution is 0.677. The first kappa shape index (κ1) is 12.3. The van der Waals surface area contributed by atoms with Gasteiger partial charge in [0, 0.05) is 28.5 Å². The van der Waals surface area contributed by atoms with Crippen LogP contribution in [0.1, 0.15) is 26.7 Å². The summed E-state index contributed by atoms with van der Waals surface area (Å²) in [5.41, 5.74) is 3.58. The van der Waals surface area contributed by atoms with Crippen LogP contribution in [-0.2, 0) is 13.1 Å². The fraction of sp³-hybridized carbons (Fsp3) is 0.357. The molecule has 0 saturated carbocycles. The molecule has 2 aromatic rings. The average molecular weight is 246 g/mol. The smallest absolute Gasteiger partial charge is 0.0544 e. The van der Waals surface area contributed by atoms with Crippen LogP contribution >= 0.6 is 11.3 Å². The lowest BCUT2D eigenvalue weighted by Crippen LogP contribution is -2.13. The number of nitrogens with zero attached hydrogens (tertiary/aromatic N) is 1. The van der Waals surface area contributed by atoms with E-state index in [-0.39, 0.29) is 0 Å². The molecular formula is C14H18N2S. The third kappa shape index (κ3) is 3.38. The number of hydrogen-bond acceptors (Lipinski definition) is 3. The second kappa shape index (κ2) is 5.43. The average Bonchev–Trinajstić information content (AvgIpc) is 2.58. The zero-order chi connectivity index (χ0) is 12.3. The Morgan fingerprint density at radius 2 is 2.00 bits per heavy atom. The minimum Gasteiger partial charge on any atom is -0.307 e. The van der Waals surface area contributed by atoms with E-state index in [1.807, 2.05) is 24.3 Å². The Kier molecular flexibility index (Phi) is 3.92. The van der Waals surface area contributed by atoms with Crippen molar-refractivity contribution in [1.82, 2.24) is 10.3 Å². The molecule has 0 unspecified atom stereocenters. The van der Waals surface area contributed by atoms with Crippen molar-refractivity contribution >= 4 is 11.3 Å². The molecule has 3 heteroatoms. The Hall–Kier alpha value is -1.19. The van der Waals surface area contributed by atoms with Crippen molar-refractivity contribution < 1.29 is 0 Å². The van der Waals surface area contributed by atoms with Crippen molar-refractivity contribution in [3.8, 4) is 0 Å². The second-order valence-electron chi connectivity index (χ2n) is 4.31. The molecule has 2 nitrogen and oxygen atoms in total. The van der Waals surface area contributed by atoms with E-state index < -0.39 is 0 Å². The first-order valence-electron chi connectivity index (χ1n) is 5.84. The highest BCUT2D eigenvalue weighted by Gasteiger charge is 2.02. The first-order valence-corrected chi connectivity index (χ1v) is 6.66. The Morgan fingerprint density at radius 1 is 1.18 bits per heavy atom. The monoisotopic (exact) mass is 246 g/mol. The molecule has 0 bridgehead atoms. The third-order valence-corrected chi connectivity index (χ3v) is 3.72. The molecule has 2 aromatic heterocycles. The van der Waals surface area contributed by atoms with Crippen LogP contribution in [0.15, 0.2) is 24.3 Å². The molecule has 1 N–H and O–H groups in total. The molecule has 0 aliphatic rings. The summed E-state index contributed by atoms with van der Waals surface area (Å²) in [4.78, 5) is 7.26. The molecular weight excluding hydrogens is 228 g/mol. The summed E-state index contributed by atoms with van der Waals surface area (Å²) in [5.74, 6) is 0. The summed E-state index contributed by atoms with van der Waals surface area (Å²) in [6, 6.07) is 8.40. The number of pyridine rings is 1. The van der Waals surface area contributed by atoms with E-state index in [2.05, 4.69) is 42.3 Å². The fourth-order valence-corrected chi connectivity index (χ4v) is 2.83. The molecule has 90 valence electrons. The number of hydrogen-bond donors (Lipinski definition) is 1. The summed E-state index contributed by atoms with van der Waals surface area (Å²) in [6.07, 6.45) is 0. The topological polar surface area (TPSA) is 24.9 Å². The summed E-state index contributed by atoms with van der Waals surface area (Å²) in [6.45, 7) is 8.11. The van der Waals surface area contributed by atoms with E-state index >= 15 is 0 Å². The van der Waals surface area contributed by atoms with Gasteiger partial charge < -0.3 is 5.32 Å². The normalized spacial score (nSPS) is 10.8. The highest BCUT2D eigenvalue weighted by molar-refractivity contribution is 7.12. The Morgan fingerprint density at radius 3 is 2.65 bits per heavy atom. The maximum absolute atomic E-state index is 4.47. The van der Waals surface area contributed by atoms with Crippen molar-refractivity contribution in [3.05, 3.63) is 51.0 Å². The summed E-state index contributed by atoms with van der Waals surface area (Å²) >= 11 is 1.86. The van der Waals surface area contributed by atoms with Crippen LogP contribution in [0.5, 0.6) is 0 Å². The van der Waals surface area contributed by atoms with Gasteiger partial charge in [-0.05, 0) is 44.5 Å². The molecule has 0 amide bonds. The van der Waals surface area contributed by atoms with Gasteiger partial charge in [-0.1, -0.05) is 6.07 Å². The minimum atomic E-state index is 0.829. The van der Waals surface area contributed by atoms with Gasteiger partial charge in [0.25, 0.3) is 0 Å². The Labute approximate surface area is 107 Å². The number of thiophene rings is 1. The van der Waals surface area contributed by atoms with Crippen molar-refractivity contribution in [1.29, 1.82) is 0 Å². The molecule has 0 aliphatic heterocycles. The SMILES string of the molecule is Cc1cccc(CNCc2cc(C)sc2C)n1. The van der Waals surface area contributed by atoms with Crippen LogP contribution in [0.3, 0.4) is 0 Å². The number of aryl methyl sites for hydroxylation is 3. The van der Waals surface area contributed by atoms with E-state index in [0.29, 0.717) is 0 Å². The van der Waals surface area contributed by atoms with Crippen LogP contribution in [0.2, 0.25) is 0 Å². The van der Waals surface area contributed by atoms with Crippen LogP contribution < -0.4 is 5.32 Å². The summed E-state index contributed by atoms with van der Waals surface area (Å²) < 4.78 is 0. The summed E-state index contributed by atoms with van der Waals surface area (Å²) in [5, 5.41) is 3.44. The highest BCUT2D eigenvalue weighted by atomic mass is 32.1. The molecule has 0 aliphatic carbocycles. The second-order valence-corrected chi connectivity index (χ2v) is 5.77. The van der Waals surface area contributed by atoms with E-state index in [9.17, 15) is 0 Å². The van der Waals surface area contributed by atoms with Gasteiger partial charge in [-0.2, -0.15) is 0 Å². The maximum Gasteiger partial charge on any atom is 0.0544 e. The van der Waals surface area contributed by atoms with Crippen LogP contribution in [-0.4, -0.2) is 4.98 Å². The van der Waals surface area contributed by atoms with Crippen LogP contribution in [0, 0.1) is 20.8 Å². The van der Waals surface area contributed by atoms with E-state index in [4.69, 9.17) is 0 Å². The predicted molar refractivity (Wildman–Crippen MR) is 73.3 cm³/mol. The molecule has 2 rings (SSSR count). The van der Waals surface area contributed by atoms with Crippen molar-refractivity contribution in [2.45, 2.75) is 33.9 Å². The highest BCUT2D eigenvalue weighted by Crippen LogP contribution is 2.20. The van der Waals surface area contributed by atoms with Crippen molar-refractivity contribution in [2.24, 2.45) is 0 Å². The van der Waals surface area contributed by atoms with Gasteiger partial charge in [0.05, 0.1) is 5.69 Å². The number of rotatable bonds is 4. The lowest BCUT2D eigenvalue weighted by Gasteiger charge is -2.04. The van der Waals surface area contributed by atoms with Gasteiger partial charge in [0.1, 0.15) is 0 Å². The van der Waals surface area contributed by atoms with Gasteiger partial charge in [-0.25, -0.2) is 0 Å². The predicted octanol–water partition coefficient (Wildman–Crippen LogP) is 3.36. The fourth-order valence-electron chi connectivity index (χ4n) is 1.88. The van der Waals surface area contributed by atoms with Crippen LogP contribution in [0.25, 0.3) is 0 Å². The molecule has 17 heavy (non-hydrogen) atoms. The number of aromatic nitrogens is 1. The third-order valence-electron chi connectivity index (χ3n) is 2.71. The molecule has 0 fully saturated rings. The Balaban J connectivity index is 1.89. The van der Waals surface area contributed by atoms with Gasteiger partial charge in [0.15, 0.2) is 0 Å². The van der Waals surface area contributed by atoms with Crippen molar-refractivity contribution in [2.75, 3.05) is 0 Å². The molecule has 0 spiro atoms. The number of nitrogens with one attached hydrogen (secondary N) is 1. The first-order chi connectivity index (χ1) is 8.15. The van der Waals surface area contributed by atoms with Gasteiger partial charge in [0.2, 0.25) is 0 Å². The molecule has 0 aromatic carbocycles. The largest absolute Gasteiger partial charge is 0.307 e. The quantitative estimate of drug-likeness (QED) is 0.894. The molecule has 2 heterocycles. The van der Waals surface area contributed by atoms with Gasteiger partial charge >= 0.3 is 0 Å². The van der Waals surface area contributed by atoms with E-state index in [1.54, 1.807) is 0 Å². The van der Waals surface area contributed by atoms with E-state index in [1.165, 1.54) is 15.3 Å². The molecule has 0 atom stereocenters. The van der Waals surface area contributed by atoms with Crippen molar-refractivity contribution in [3.63, 3.8) is 0 Å².